The Morgan fingerprint density at radius 3 is 2.41 bits per heavy atom. The fourth-order valence-corrected chi connectivity index (χ4v) is 7.73. The van der Waals surface area contributed by atoms with E-state index in [0.29, 0.717) is 21.4 Å². The van der Waals surface area contributed by atoms with Crippen molar-refractivity contribution in [2.24, 2.45) is 0 Å². The van der Waals surface area contributed by atoms with E-state index in [1.807, 2.05) is 10.9 Å². The first kappa shape index (κ1) is 33.7. The van der Waals surface area contributed by atoms with Crippen LogP contribution in [-0.2, 0) is 31.1 Å². The molecular formula is C34H34F5N7O5. The van der Waals surface area contributed by atoms with Crippen molar-refractivity contribution < 1.29 is 45.8 Å². The lowest BCUT2D eigenvalue weighted by atomic mass is 9.90. The second kappa shape index (κ2) is 12.3. The van der Waals surface area contributed by atoms with E-state index in [9.17, 15) is 31.9 Å². The molecule has 4 saturated heterocycles. The number of ether oxygens (including phenoxy) is 2. The first-order chi connectivity index (χ1) is 24.4. The molecule has 2 aromatic heterocycles. The topological polar surface area (TPSA) is 122 Å². The molecule has 12 nitrogen and oxygen atoms in total. The maximum Gasteiger partial charge on any atom is 0.416 e. The molecular weight excluding hydrogens is 681 g/mol. The molecule has 5 aliphatic rings. The Bertz CT molecular complexity index is 1860. The lowest BCUT2D eigenvalue weighted by molar-refractivity contribution is -0.302. The highest BCUT2D eigenvalue weighted by Crippen LogP contribution is 2.50. The second-order valence-electron chi connectivity index (χ2n) is 13.8. The Hall–Kier alpha value is -4.48. The normalized spacial score (nSPS) is 25.1. The van der Waals surface area contributed by atoms with E-state index >= 15 is 4.39 Å². The zero-order valence-corrected chi connectivity index (χ0v) is 27.2. The molecule has 4 aliphatic heterocycles. The van der Waals surface area contributed by atoms with Gasteiger partial charge in [-0.25, -0.2) is 13.6 Å². The summed E-state index contributed by atoms with van der Waals surface area (Å²) in [6, 6.07) is 6.65. The molecule has 0 radical (unpaired) electrons. The number of hydrogen-bond donors (Lipinski definition) is 1. The zero-order chi connectivity index (χ0) is 35.7. The number of nitrogens with one attached hydrogen (secondary N) is 1. The Kier molecular flexibility index (Phi) is 8.14. The van der Waals surface area contributed by atoms with Crippen molar-refractivity contribution in [2.45, 2.75) is 61.3 Å². The fraction of sp³-hybridized carbons (Fsp3) is 0.500. The van der Waals surface area contributed by atoms with E-state index in [1.54, 1.807) is 24.4 Å². The average Bonchev–Trinajstić information content (AvgIpc) is 3.71. The van der Waals surface area contributed by atoms with Gasteiger partial charge in [-0.05, 0) is 47.7 Å². The number of likely N-dealkylation sites (tertiary alicyclic amines) is 1. The number of carbonyl (C=O) groups is 3. The van der Waals surface area contributed by atoms with Gasteiger partial charge in [-0.3, -0.25) is 29.1 Å². The molecule has 17 heteroatoms. The van der Waals surface area contributed by atoms with Crippen LogP contribution in [0.5, 0.6) is 0 Å². The van der Waals surface area contributed by atoms with Crippen molar-refractivity contribution in [3.8, 4) is 11.1 Å². The van der Waals surface area contributed by atoms with Crippen LogP contribution in [0, 0.1) is 5.82 Å². The minimum absolute atomic E-state index is 0.0508. The number of urea groups is 1. The smallest absolute Gasteiger partial charge is 0.378 e. The van der Waals surface area contributed by atoms with Crippen LogP contribution >= 0.6 is 0 Å². The number of halogens is 5. The summed E-state index contributed by atoms with van der Waals surface area (Å²) in [6.45, 7) is -0.0645. The summed E-state index contributed by atoms with van der Waals surface area (Å²) in [6.07, 6.45) is -0.762. The third-order valence-corrected chi connectivity index (χ3v) is 10.9. The minimum Gasteiger partial charge on any atom is -0.378 e. The van der Waals surface area contributed by atoms with Gasteiger partial charge in [0.15, 0.2) is 5.54 Å². The van der Waals surface area contributed by atoms with Crippen LogP contribution in [0.2, 0.25) is 0 Å². The van der Waals surface area contributed by atoms with Crippen molar-refractivity contribution in [1.82, 2.24) is 34.8 Å². The maximum absolute atomic E-state index is 15.8. The van der Waals surface area contributed by atoms with E-state index in [0.717, 1.165) is 63.0 Å². The minimum atomic E-state index is -4.94. The molecule has 1 aromatic carbocycles. The molecule has 0 saturated carbocycles. The lowest BCUT2D eigenvalue weighted by Gasteiger charge is -2.50. The third-order valence-electron chi connectivity index (χ3n) is 10.9. The molecule has 2 atom stereocenters. The van der Waals surface area contributed by atoms with Gasteiger partial charge in [0.05, 0.1) is 63.1 Å². The molecule has 4 amide bonds. The van der Waals surface area contributed by atoms with Gasteiger partial charge in [-0.2, -0.15) is 18.3 Å². The molecule has 6 heterocycles. The summed E-state index contributed by atoms with van der Waals surface area (Å²) in [7, 11) is 0. The van der Waals surface area contributed by atoms with Gasteiger partial charge in [0.25, 0.3) is 5.91 Å². The quantitative estimate of drug-likeness (QED) is 0.277. The van der Waals surface area contributed by atoms with Gasteiger partial charge in [0, 0.05) is 31.3 Å². The van der Waals surface area contributed by atoms with Crippen molar-refractivity contribution in [2.75, 3.05) is 46.1 Å². The van der Waals surface area contributed by atoms with E-state index in [4.69, 9.17) is 9.47 Å². The molecule has 51 heavy (non-hydrogen) atoms. The monoisotopic (exact) mass is 715 g/mol. The fourth-order valence-electron chi connectivity index (χ4n) is 7.73. The van der Waals surface area contributed by atoms with Gasteiger partial charge in [0.2, 0.25) is 5.91 Å². The van der Waals surface area contributed by atoms with E-state index in [2.05, 4.69) is 20.3 Å². The number of aromatic nitrogens is 3. The number of fused-ring (bicyclic) bond motifs is 2. The molecule has 8 rings (SSSR count). The number of amides is 4. The molecule has 1 N–H and O–H groups in total. The molecule has 0 bridgehead atoms. The molecule has 270 valence electrons. The van der Waals surface area contributed by atoms with Gasteiger partial charge in [0.1, 0.15) is 24.1 Å². The number of rotatable bonds is 8. The number of pyridine rings is 1. The highest BCUT2D eigenvalue weighted by molar-refractivity contribution is 6.10. The highest BCUT2D eigenvalue weighted by atomic mass is 19.4. The number of benzene rings is 1. The molecule has 0 unspecified atom stereocenters. The second-order valence-corrected chi connectivity index (χ2v) is 13.8. The van der Waals surface area contributed by atoms with Crippen LogP contribution in [0.3, 0.4) is 0 Å². The van der Waals surface area contributed by atoms with E-state index in [-0.39, 0.29) is 22.9 Å². The summed E-state index contributed by atoms with van der Waals surface area (Å²) >= 11 is 0. The largest absolute Gasteiger partial charge is 0.416 e. The van der Waals surface area contributed by atoms with Gasteiger partial charge in [-0.15, -0.1) is 0 Å². The number of imide groups is 1. The van der Waals surface area contributed by atoms with Crippen LogP contribution in [0.15, 0.2) is 48.9 Å². The first-order valence-corrected chi connectivity index (χ1v) is 16.7. The zero-order valence-electron chi connectivity index (χ0n) is 27.2. The summed E-state index contributed by atoms with van der Waals surface area (Å²) < 4.78 is 84.5. The van der Waals surface area contributed by atoms with Gasteiger partial charge in [-0.1, -0.05) is 12.1 Å². The molecule has 4 fully saturated rings. The van der Waals surface area contributed by atoms with Gasteiger partial charge < -0.3 is 19.7 Å². The van der Waals surface area contributed by atoms with E-state index < -0.39 is 79.8 Å². The Morgan fingerprint density at radius 2 is 1.78 bits per heavy atom. The number of carbonyl (C=O) groups excluding carboxylic acids is 3. The number of hydrogen-bond acceptors (Lipinski definition) is 8. The summed E-state index contributed by atoms with van der Waals surface area (Å²) in [5.74, 6) is -2.89. The summed E-state index contributed by atoms with van der Waals surface area (Å²) in [5, 5.41) is 7.11. The van der Waals surface area contributed by atoms with E-state index in [1.165, 1.54) is 0 Å². The van der Waals surface area contributed by atoms with Crippen molar-refractivity contribution in [3.05, 3.63) is 71.6 Å². The predicted octanol–water partition coefficient (Wildman–Crippen LogP) is 3.64. The summed E-state index contributed by atoms with van der Waals surface area (Å²) in [4.78, 5) is 48.0. The molecule has 3 aromatic rings. The average molecular weight is 716 g/mol. The number of nitrogens with zero attached hydrogens (tertiary/aromatic N) is 6. The SMILES string of the molecule is O=C1N[C@]2(C[C@@H](F)c3cc(-c4cnn(C5CCN(C6COC6)CC5)c4)ccc32)C(=O)N1CC(=O)N(Cc1ccc(F)cn1)C1(C(F)(F)F)COC1. The predicted molar refractivity (Wildman–Crippen MR) is 167 cm³/mol. The Morgan fingerprint density at radius 1 is 1.02 bits per heavy atom. The van der Waals surface area contributed by atoms with Crippen molar-refractivity contribution >= 4 is 17.8 Å². The first-order valence-electron chi connectivity index (χ1n) is 16.7. The lowest BCUT2D eigenvalue weighted by Crippen LogP contribution is -2.72. The highest BCUT2D eigenvalue weighted by Gasteiger charge is 2.66. The van der Waals surface area contributed by atoms with Crippen molar-refractivity contribution in [1.29, 1.82) is 0 Å². The number of alkyl halides is 4. The van der Waals surface area contributed by atoms with Crippen LogP contribution in [-0.4, -0.2) is 111 Å². The van der Waals surface area contributed by atoms with Crippen LogP contribution in [0.4, 0.5) is 26.7 Å². The van der Waals surface area contributed by atoms with Crippen LogP contribution in [0.1, 0.15) is 48.3 Å². The number of piperidine rings is 1. The summed E-state index contributed by atoms with van der Waals surface area (Å²) in [5.41, 5.74) is -2.84. The standard InChI is InChI=1S/C34H34F5N7O5/c35-22-2-3-23(40-12-22)14-45(32(18-51-19-32)34(37,38)39)29(47)15-44-30(48)33(42-31(44)49)10-28(36)26-9-20(1-4-27(26)33)21-11-41-46(13-21)24-5-7-43(8-6-24)25-16-50-17-25/h1-4,9,11-13,24-25,28H,5-8,10,14-19H2,(H,42,49)/t28-,33+/m1/s1. The van der Waals surface area contributed by atoms with Crippen molar-refractivity contribution in [3.63, 3.8) is 0 Å². The van der Waals surface area contributed by atoms with Gasteiger partial charge >= 0.3 is 12.2 Å². The Labute approximate surface area is 288 Å². The molecule has 1 spiro atoms. The maximum atomic E-state index is 15.8. The van der Waals surface area contributed by atoms with Crippen LogP contribution < -0.4 is 5.32 Å². The third kappa shape index (κ3) is 5.56. The Balaban J connectivity index is 1.01. The molecule has 1 aliphatic carbocycles. The van der Waals surface area contributed by atoms with Crippen LogP contribution in [0.25, 0.3) is 11.1 Å².